The molecule has 0 saturated carbocycles. The van der Waals surface area contributed by atoms with E-state index in [1.54, 1.807) is 7.11 Å². The van der Waals surface area contributed by atoms with Crippen molar-refractivity contribution in [1.82, 2.24) is 0 Å². The highest BCUT2D eigenvalue weighted by Crippen LogP contribution is 2.25. The van der Waals surface area contributed by atoms with Gasteiger partial charge >= 0.3 is 0 Å². The lowest BCUT2D eigenvalue weighted by molar-refractivity contribution is -0.116. The molecule has 2 rings (SSSR count). The largest absolute Gasteiger partial charge is 0.495 e. The summed E-state index contributed by atoms with van der Waals surface area (Å²) in [5, 5.41) is 2.92. The molecule has 0 aliphatic heterocycles. The van der Waals surface area contributed by atoms with Gasteiger partial charge in [-0.05, 0) is 43.5 Å². The molecule has 0 heterocycles. The summed E-state index contributed by atoms with van der Waals surface area (Å²) < 4.78 is 5.26. The number of hydrogen-bond acceptors (Lipinski definition) is 2. The third-order valence-corrected chi connectivity index (χ3v) is 3.39. The average Bonchev–Trinajstić information content (AvgIpc) is 2.47. The number of carbonyl (C=O) groups is 1. The van der Waals surface area contributed by atoms with Gasteiger partial charge in [0.15, 0.2) is 0 Å². The molecule has 0 aromatic heterocycles. The monoisotopic (exact) mass is 283 g/mol. The van der Waals surface area contributed by atoms with Crippen molar-refractivity contribution in [3.05, 3.63) is 59.2 Å². The molecule has 1 amide bonds. The van der Waals surface area contributed by atoms with Crippen LogP contribution in [0.5, 0.6) is 5.75 Å². The average molecular weight is 283 g/mol. The van der Waals surface area contributed by atoms with Gasteiger partial charge in [-0.15, -0.1) is 0 Å². The van der Waals surface area contributed by atoms with Gasteiger partial charge in [0.2, 0.25) is 5.91 Å². The van der Waals surface area contributed by atoms with E-state index in [4.69, 9.17) is 4.74 Å². The van der Waals surface area contributed by atoms with Crippen LogP contribution in [0.15, 0.2) is 42.5 Å². The van der Waals surface area contributed by atoms with Crippen LogP contribution in [0.1, 0.15) is 23.1 Å². The van der Waals surface area contributed by atoms with Gasteiger partial charge in [-0.3, -0.25) is 4.79 Å². The van der Waals surface area contributed by atoms with Gasteiger partial charge in [-0.2, -0.15) is 0 Å². The fourth-order valence-corrected chi connectivity index (χ4v) is 2.14. The smallest absolute Gasteiger partial charge is 0.224 e. The highest BCUT2D eigenvalue weighted by Gasteiger charge is 2.08. The van der Waals surface area contributed by atoms with Gasteiger partial charge < -0.3 is 10.1 Å². The van der Waals surface area contributed by atoms with Crippen LogP contribution in [0.2, 0.25) is 0 Å². The van der Waals surface area contributed by atoms with Crippen molar-refractivity contribution in [3.8, 4) is 5.75 Å². The molecule has 0 radical (unpaired) electrons. The second kappa shape index (κ2) is 6.93. The van der Waals surface area contributed by atoms with E-state index in [1.165, 1.54) is 11.1 Å². The second-order valence-electron chi connectivity index (χ2n) is 5.24. The van der Waals surface area contributed by atoms with Gasteiger partial charge in [0, 0.05) is 6.42 Å². The van der Waals surface area contributed by atoms with Crippen molar-refractivity contribution in [2.24, 2.45) is 0 Å². The summed E-state index contributed by atoms with van der Waals surface area (Å²) in [5.41, 5.74) is 4.22. The van der Waals surface area contributed by atoms with Crippen LogP contribution >= 0.6 is 0 Å². The number of benzene rings is 2. The molecule has 0 fully saturated rings. The molecular formula is C18H21NO2. The SMILES string of the molecule is COc1ccc(C)cc1NC(=O)CCc1ccc(C)cc1. The van der Waals surface area contributed by atoms with Crippen LogP contribution in [-0.2, 0) is 11.2 Å². The Morgan fingerprint density at radius 1 is 1.05 bits per heavy atom. The molecule has 0 atom stereocenters. The van der Waals surface area contributed by atoms with Crippen LogP contribution in [-0.4, -0.2) is 13.0 Å². The number of amides is 1. The highest BCUT2D eigenvalue weighted by atomic mass is 16.5. The minimum Gasteiger partial charge on any atom is -0.495 e. The van der Waals surface area contributed by atoms with Crippen LogP contribution < -0.4 is 10.1 Å². The molecule has 0 bridgehead atoms. The number of methoxy groups -OCH3 is 1. The van der Waals surface area contributed by atoms with Gasteiger partial charge in [0.25, 0.3) is 0 Å². The van der Waals surface area contributed by atoms with Crippen molar-refractivity contribution in [1.29, 1.82) is 0 Å². The molecule has 0 spiro atoms. The summed E-state index contributed by atoms with van der Waals surface area (Å²) in [7, 11) is 1.60. The first-order valence-electron chi connectivity index (χ1n) is 7.08. The van der Waals surface area contributed by atoms with Crippen molar-refractivity contribution < 1.29 is 9.53 Å². The maximum absolute atomic E-state index is 12.1. The fourth-order valence-electron chi connectivity index (χ4n) is 2.14. The Bertz CT molecular complexity index is 618. The first-order chi connectivity index (χ1) is 10.1. The Labute approximate surface area is 126 Å². The topological polar surface area (TPSA) is 38.3 Å². The Hall–Kier alpha value is -2.29. The molecule has 0 saturated heterocycles. The normalized spacial score (nSPS) is 10.2. The standard InChI is InChI=1S/C18H21NO2/c1-13-4-7-15(8-5-13)9-11-18(20)19-16-12-14(2)6-10-17(16)21-3/h4-8,10,12H,9,11H2,1-3H3,(H,19,20). The molecule has 2 aromatic rings. The minimum absolute atomic E-state index is 0.000486. The fraction of sp³-hybridized carbons (Fsp3) is 0.278. The minimum atomic E-state index is -0.000486. The van der Waals surface area contributed by atoms with E-state index in [9.17, 15) is 4.79 Å². The number of carbonyl (C=O) groups excluding carboxylic acids is 1. The van der Waals surface area contributed by atoms with Crippen molar-refractivity contribution >= 4 is 11.6 Å². The van der Waals surface area contributed by atoms with Crippen LogP contribution in [0, 0.1) is 13.8 Å². The number of hydrogen-bond donors (Lipinski definition) is 1. The lowest BCUT2D eigenvalue weighted by Crippen LogP contribution is -2.13. The summed E-state index contributed by atoms with van der Waals surface area (Å²) in [4.78, 5) is 12.1. The van der Waals surface area contributed by atoms with E-state index in [0.29, 0.717) is 12.2 Å². The van der Waals surface area contributed by atoms with E-state index >= 15 is 0 Å². The number of ether oxygens (including phenoxy) is 1. The summed E-state index contributed by atoms with van der Waals surface area (Å²) in [6.07, 6.45) is 1.19. The van der Waals surface area contributed by atoms with E-state index in [2.05, 4.69) is 36.5 Å². The van der Waals surface area contributed by atoms with E-state index in [1.807, 2.05) is 25.1 Å². The molecule has 0 unspecified atom stereocenters. The van der Waals surface area contributed by atoms with Gasteiger partial charge in [-0.25, -0.2) is 0 Å². The molecule has 3 nitrogen and oxygen atoms in total. The zero-order valence-electron chi connectivity index (χ0n) is 12.8. The second-order valence-corrected chi connectivity index (χ2v) is 5.24. The Morgan fingerprint density at radius 3 is 2.38 bits per heavy atom. The lowest BCUT2D eigenvalue weighted by Gasteiger charge is -2.11. The van der Waals surface area contributed by atoms with Crippen LogP contribution in [0.3, 0.4) is 0 Å². The lowest BCUT2D eigenvalue weighted by atomic mass is 10.1. The molecule has 3 heteroatoms. The van der Waals surface area contributed by atoms with Crippen molar-refractivity contribution in [3.63, 3.8) is 0 Å². The van der Waals surface area contributed by atoms with Crippen LogP contribution in [0.25, 0.3) is 0 Å². The molecule has 0 aliphatic rings. The number of aryl methyl sites for hydroxylation is 3. The Balaban J connectivity index is 1.95. The molecule has 21 heavy (non-hydrogen) atoms. The quantitative estimate of drug-likeness (QED) is 0.904. The molecule has 110 valence electrons. The summed E-state index contributed by atoms with van der Waals surface area (Å²) in [6.45, 7) is 4.04. The Morgan fingerprint density at radius 2 is 1.71 bits per heavy atom. The summed E-state index contributed by atoms with van der Waals surface area (Å²) in [6, 6.07) is 14.0. The number of rotatable bonds is 5. The third-order valence-electron chi connectivity index (χ3n) is 3.39. The third kappa shape index (κ3) is 4.35. The maximum Gasteiger partial charge on any atom is 0.224 e. The highest BCUT2D eigenvalue weighted by molar-refractivity contribution is 5.92. The zero-order valence-corrected chi connectivity index (χ0v) is 12.8. The summed E-state index contributed by atoms with van der Waals surface area (Å²) in [5.74, 6) is 0.684. The first-order valence-corrected chi connectivity index (χ1v) is 7.08. The molecule has 0 aliphatic carbocycles. The number of anilines is 1. The van der Waals surface area contributed by atoms with E-state index in [-0.39, 0.29) is 5.91 Å². The Kier molecular flexibility index (Phi) is 4.99. The number of nitrogens with one attached hydrogen (secondary N) is 1. The van der Waals surface area contributed by atoms with E-state index < -0.39 is 0 Å². The van der Waals surface area contributed by atoms with Gasteiger partial charge in [0.1, 0.15) is 5.75 Å². The predicted octanol–water partition coefficient (Wildman–Crippen LogP) is 3.88. The molecule has 2 aromatic carbocycles. The van der Waals surface area contributed by atoms with Gasteiger partial charge in [-0.1, -0.05) is 35.9 Å². The zero-order chi connectivity index (χ0) is 15.2. The maximum atomic E-state index is 12.1. The van der Waals surface area contributed by atoms with Crippen molar-refractivity contribution in [2.45, 2.75) is 26.7 Å². The van der Waals surface area contributed by atoms with Gasteiger partial charge in [0.05, 0.1) is 12.8 Å². The first kappa shape index (κ1) is 15.1. The molecular weight excluding hydrogens is 262 g/mol. The summed E-state index contributed by atoms with van der Waals surface area (Å²) >= 11 is 0. The molecule has 1 N–H and O–H groups in total. The van der Waals surface area contributed by atoms with Crippen molar-refractivity contribution in [2.75, 3.05) is 12.4 Å². The van der Waals surface area contributed by atoms with E-state index in [0.717, 1.165) is 17.7 Å². The van der Waals surface area contributed by atoms with Crippen LogP contribution in [0.4, 0.5) is 5.69 Å². The predicted molar refractivity (Wildman–Crippen MR) is 85.9 cm³/mol.